The summed E-state index contributed by atoms with van der Waals surface area (Å²) in [5.41, 5.74) is -0.0953. The van der Waals surface area contributed by atoms with Gasteiger partial charge in [-0.2, -0.15) is 0 Å². The zero-order chi connectivity index (χ0) is 14.8. The zero-order valence-corrected chi connectivity index (χ0v) is 13.0. The molecule has 0 aliphatic heterocycles. The molecular formula is C18H28O3. The van der Waals surface area contributed by atoms with Gasteiger partial charge in [0.25, 0.3) is 0 Å². The first-order chi connectivity index (χ1) is 10.0. The standard InChI is InChI=1S/C18H28O3/c1-18-7-6-12-11-3-2-10(19)8-14(11)16(20)9-13(12)15(18)4-5-17(18)21/h10-16,19-20H,2-9H2,1H3. The molecule has 0 heterocycles. The predicted octanol–water partition coefficient (Wildman–Crippen LogP) is 2.54. The van der Waals surface area contributed by atoms with Crippen LogP contribution >= 0.6 is 0 Å². The van der Waals surface area contributed by atoms with E-state index >= 15 is 0 Å². The topological polar surface area (TPSA) is 57.5 Å². The molecule has 0 aromatic heterocycles. The fraction of sp³-hybridized carbons (Fsp3) is 0.944. The van der Waals surface area contributed by atoms with E-state index in [0.29, 0.717) is 35.4 Å². The van der Waals surface area contributed by atoms with Gasteiger partial charge in [0.05, 0.1) is 12.2 Å². The van der Waals surface area contributed by atoms with Crippen LogP contribution in [0.1, 0.15) is 58.3 Å². The molecule has 4 fully saturated rings. The normalized spacial score (nSPS) is 56.5. The van der Waals surface area contributed by atoms with Crippen LogP contribution in [0.5, 0.6) is 0 Å². The van der Waals surface area contributed by atoms with Crippen molar-refractivity contribution in [3.05, 3.63) is 0 Å². The van der Waals surface area contributed by atoms with Crippen molar-refractivity contribution in [3.8, 4) is 0 Å². The minimum Gasteiger partial charge on any atom is -0.393 e. The third-order valence-corrected chi connectivity index (χ3v) is 7.69. The summed E-state index contributed by atoms with van der Waals surface area (Å²) >= 11 is 0. The molecule has 21 heavy (non-hydrogen) atoms. The van der Waals surface area contributed by atoms with Crippen molar-refractivity contribution in [2.45, 2.75) is 70.5 Å². The molecule has 0 spiro atoms. The van der Waals surface area contributed by atoms with Crippen molar-refractivity contribution in [3.63, 3.8) is 0 Å². The van der Waals surface area contributed by atoms with E-state index in [1.54, 1.807) is 0 Å². The van der Waals surface area contributed by atoms with Gasteiger partial charge < -0.3 is 10.2 Å². The summed E-state index contributed by atoms with van der Waals surface area (Å²) in [6.07, 6.45) is 7.17. The number of carbonyl (C=O) groups excluding carboxylic acids is 1. The monoisotopic (exact) mass is 292 g/mol. The fourth-order valence-corrected chi connectivity index (χ4v) is 6.59. The van der Waals surface area contributed by atoms with Crippen LogP contribution in [0.3, 0.4) is 0 Å². The van der Waals surface area contributed by atoms with E-state index in [-0.39, 0.29) is 17.6 Å². The van der Waals surface area contributed by atoms with Crippen molar-refractivity contribution < 1.29 is 15.0 Å². The van der Waals surface area contributed by atoms with Gasteiger partial charge in [-0.05, 0) is 74.5 Å². The van der Waals surface area contributed by atoms with Gasteiger partial charge in [-0.3, -0.25) is 4.79 Å². The first-order valence-corrected chi connectivity index (χ1v) is 8.90. The van der Waals surface area contributed by atoms with Crippen molar-refractivity contribution in [2.24, 2.45) is 35.0 Å². The Kier molecular flexibility index (Phi) is 3.24. The Bertz CT molecular complexity index is 448. The predicted molar refractivity (Wildman–Crippen MR) is 79.5 cm³/mol. The Balaban J connectivity index is 1.62. The lowest BCUT2D eigenvalue weighted by molar-refractivity contribution is -0.141. The van der Waals surface area contributed by atoms with Gasteiger partial charge in [-0.1, -0.05) is 6.92 Å². The number of aliphatic hydroxyl groups is 2. The first kappa shape index (κ1) is 14.2. The lowest BCUT2D eigenvalue weighted by Crippen LogP contribution is -2.53. The number of hydrogen-bond acceptors (Lipinski definition) is 3. The number of ketones is 1. The van der Waals surface area contributed by atoms with Crippen molar-refractivity contribution >= 4 is 5.78 Å². The Labute approximate surface area is 127 Å². The Morgan fingerprint density at radius 2 is 1.71 bits per heavy atom. The molecule has 0 saturated heterocycles. The molecule has 0 amide bonds. The Hall–Kier alpha value is -0.410. The third-order valence-electron chi connectivity index (χ3n) is 7.69. The Morgan fingerprint density at radius 1 is 0.952 bits per heavy atom. The van der Waals surface area contributed by atoms with Gasteiger partial charge in [-0.15, -0.1) is 0 Å². The summed E-state index contributed by atoms with van der Waals surface area (Å²) in [4.78, 5) is 12.3. The van der Waals surface area contributed by atoms with Gasteiger partial charge in [-0.25, -0.2) is 0 Å². The van der Waals surface area contributed by atoms with Gasteiger partial charge in [0.15, 0.2) is 0 Å². The van der Waals surface area contributed by atoms with E-state index in [0.717, 1.165) is 51.4 Å². The van der Waals surface area contributed by atoms with Crippen molar-refractivity contribution in [2.75, 3.05) is 0 Å². The third kappa shape index (κ3) is 1.96. The van der Waals surface area contributed by atoms with Crippen LogP contribution in [-0.2, 0) is 4.79 Å². The maximum absolute atomic E-state index is 12.3. The highest BCUT2D eigenvalue weighted by molar-refractivity contribution is 5.87. The maximum Gasteiger partial charge on any atom is 0.139 e. The number of aliphatic hydroxyl groups excluding tert-OH is 2. The molecule has 3 nitrogen and oxygen atoms in total. The molecule has 4 aliphatic carbocycles. The van der Waals surface area contributed by atoms with Gasteiger partial charge in [0.2, 0.25) is 0 Å². The summed E-state index contributed by atoms with van der Waals surface area (Å²) in [5, 5.41) is 20.6. The SMILES string of the molecule is CC12CCC3C4CCC(O)CC4C(O)CC3C1CCC2=O. The van der Waals surface area contributed by atoms with Crippen LogP contribution in [0.25, 0.3) is 0 Å². The summed E-state index contributed by atoms with van der Waals surface area (Å²) in [6, 6.07) is 0. The van der Waals surface area contributed by atoms with E-state index < -0.39 is 0 Å². The smallest absolute Gasteiger partial charge is 0.139 e. The van der Waals surface area contributed by atoms with E-state index in [4.69, 9.17) is 0 Å². The molecule has 8 atom stereocenters. The molecule has 0 radical (unpaired) electrons. The molecular weight excluding hydrogens is 264 g/mol. The first-order valence-electron chi connectivity index (χ1n) is 8.90. The fourth-order valence-electron chi connectivity index (χ4n) is 6.59. The van der Waals surface area contributed by atoms with E-state index in [2.05, 4.69) is 6.92 Å². The number of rotatable bonds is 0. The van der Waals surface area contributed by atoms with Crippen molar-refractivity contribution in [1.82, 2.24) is 0 Å². The van der Waals surface area contributed by atoms with Crippen LogP contribution in [0.2, 0.25) is 0 Å². The molecule has 4 aliphatic rings. The highest BCUT2D eigenvalue weighted by atomic mass is 16.3. The molecule has 0 aromatic carbocycles. The molecule has 0 aromatic rings. The molecule has 4 rings (SSSR count). The van der Waals surface area contributed by atoms with Crippen LogP contribution in [0, 0.1) is 35.0 Å². The average Bonchev–Trinajstić information content (AvgIpc) is 2.76. The average molecular weight is 292 g/mol. The lowest BCUT2D eigenvalue weighted by Gasteiger charge is -2.56. The largest absolute Gasteiger partial charge is 0.393 e. The van der Waals surface area contributed by atoms with Crippen molar-refractivity contribution in [1.29, 1.82) is 0 Å². The second-order valence-corrected chi connectivity index (χ2v) is 8.45. The minimum absolute atomic E-state index is 0.0953. The molecule has 3 heteroatoms. The van der Waals surface area contributed by atoms with Crippen LogP contribution in [0.15, 0.2) is 0 Å². The number of Topliss-reactive ketones (excluding diaryl/α,β-unsaturated/α-hetero) is 1. The zero-order valence-electron chi connectivity index (χ0n) is 13.0. The van der Waals surface area contributed by atoms with Gasteiger partial charge >= 0.3 is 0 Å². The summed E-state index contributed by atoms with van der Waals surface area (Å²) in [6.45, 7) is 2.19. The molecule has 2 N–H and O–H groups in total. The maximum atomic E-state index is 12.3. The minimum atomic E-state index is -0.260. The highest BCUT2D eigenvalue weighted by Gasteiger charge is 2.58. The molecule has 118 valence electrons. The number of carbonyl (C=O) groups is 1. The van der Waals surface area contributed by atoms with Crippen LogP contribution in [0.4, 0.5) is 0 Å². The molecule has 0 bridgehead atoms. The van der Waals surface area contributed by atoms with Gasteiger partial charge in [0.1, 0.15) is 5.78 Å². The second-order valence-electron chi connectivity index (χ2n) is 8.45. The number of hydrogen-bond donors (Lipinski definition) is 2. The van der Waals surface area contributed by atoms with E-state index in [1.165, 1.54) is 0 Å². The quantitative estimate of drug-likeness (QED) is 0.721. The summed E-state index contributed by atoms with van der Waals surface area (Å²) in [7, 11) is 0. The Morgan fingerprint density at radius 3 is 2.52 bits per heavy atom. The lowest BCUT2D eigenvalue weighted by atomic mass is 9.50. The second kappa shape index (κ2) is 4.79. The highest BCUT2D eigenvalue weighted by Crippen LogP contribution is 2.61. The van der Waals surface area contributed by atoms with Crippen LogP contribution < -0.4 is 0 Å². The van der Waals surface area contributed by atoms with E-state index in [1.807, 2.05) is 0 Å². The van der Waals surface area contributed by atoms with Gasteiger partial charge in [0, 0.05) is 11.8 Å². The number of fused-ring (bicyclic) bond motifs is 5. The summed E-state index contributed by atoms with van der Waals surface area (Å²) in [5.74, 6) is 3.10. The summed E-state index contributed by atoms with van der Waals surface area (Å²) < 4.78 is 0. The molecule has 4 saturated carbocycles. The van der Waals surface area contributed by atoms with E-state index in [9.17, 15) is 15.0 Å². The van der Waals surface area contributed by atoms with Crippen LogP contribution in [-0.4, -0.2) is 28.2 Å². The molecule has 8 unspecified atom stereocenters.